The summed E-state index contributed by atoms with van der Waals surface area (Å²) in [7, 11) is 1.69. The summed E-state index contributed by atoms with van der Waals surface area (Å²) < 4.78 is 6.93. The van der Waals surface area contributed by atoms with Crippen LogP contribution >= 0.6 is 23.8 Å². The predicted octanol–water partition coefficient (Wildman–Crippen LogP) is 3.22. The van der Waals surface area contributed by atoms with Crippen LogP contribution in [-0.2, 0) is 11.3 Å². The van der Waals surface area contributed by atoms with Gasteiger partial charge in [0.2, 0.25) is 0 Å². The summed E-state index contributed by atoms with van der Waals surface area (Å²) in [5, 5.41) is 12.1. The fourth-order valence-electron chi connectivity index (χ4n) is 2.07. The van der Waals surface area contributed by atoms with E-state index in [9.17, 15) is 0 Å². The van der Waals surface area contributed by atoms with E-state index < -0.39 is 0 Å². The Kier molecular flexibility index (Phi) is 6.83. The number of ether oxygens (including phenoxy) is 1. The summed E-state index contributed by atoms with van der Waals surface area (Å²) >= 11 is 11.2. The maximum absolute atomic E-state index is 5.91. The molecule has 2 rings (SSSR count). The van der Waals surface area contributed by atoms with Crippen molar-refractivity contribution in [3.63, 3.8) is 0 Å². The summed E-state index contributed by atoms with van der Waals surface area (Å²) in [6.45, 7) is 4.19. The van der Waals surface area contributed by atoms with Crippen molar-refractivity contribution in [2.75, 3.05) is 25.6 Å². The summed E-state index contributed by atoms with van der Waals surface area (Å²) in [5.74, 6) is 0.737. The number of methoxy groups -OCH3 is 1. The minimum atomic E-state index is 0.567. The summed E-state index contributed by atoms with van der Waals surface area (Å²) in [6.07, 6.45) is 0.905. The van der Waals surface area contributed by atoms with Gasteiger partial charge in [0.1, 0.15) is 0 Å². The van der Waals surface area contributed by atoms with Crippen LogP contribution in [0.25, 0.3) is 0 Å². The van der Waals surface area contributed by atoms with E-state index >= 15 is 0 Å². The van der Waals surface area contributed by atoms with Crippen LogP contribution in [0.3, 0.4) is 0 Å². The molecule has 0 fully saturated rings. The van der Waals surface area contributed by atoms with Gasteiger partial charge in [-0.1, -0.05) is 23.7 Å². The molecule has 5 nitrogen and oxygen atoms in total. The Balaban J connectivity index is 1.90. The number of benzene rings is 1. The number of nitrogens with one attached hydrogen (secondary N) is 2. The predicted molar refractivity (Wildman–Crippen MR) is 98.2 cm³/mol. The van der Waals surface area contributed by atoms with Crippen LogP contribution in [0.15, 0.2) is 30.3 Å². The van der Waals surface area contributed by atoms with E-state index in [0.717, 1.165) is 35.1 Å². The Hall–Kier alpha value is -1.63. The zero-order chi connectivity index (χ0) is 16.7. The molecule has 1 aromatic carbocycles. The van der Waals surface area contributed by atoms with Gasteiger partial charge in [0.25, 0.3) is 0 Å². The number of halogens is 1. The minimum Gasteiger partial charge on any atom is -0.385 e. The first-order valence-electron chi connectivity index (χ1n) is 7.41. The number of hydrogen-bond donors (Lipinski definition) is 2. The van der Waals surface area contributed by atoms with Crippen LogP contribution in [0.1, 0.15) is 17.7 Å². The maximum atomic E-state index is 5.91. The standard InChI is InChI=1S/C16H21ClN4OS/c1-12-10-15(19-16(23)18-8-3-9-22-2)20-21(12)11-13-4-6-14(17)7-5-13/h4-7,10H,3,8-9,11H2,1-2H3,(H2,18,19,20,23). The molecule has 0 radical (unpaired) electrons. The smallest absolute Gasteiger partial charge is 0.171 e. The molecule has 0 atom stereocenters. The second-order valence-corrected chi connectivity index (χ2v) is 6.03. The Morgan fingerprint density at radius 2 is 2.09 bits per heavy atom. The van der Waals surface area contributed by atoms with Gasteiger partial charge in [-0.25, -0.2) is 0 Å². The number of thiocarbonyl (C=S) groups is 1. The largest absolute Gasteiger partial charge is 0.385 e. The second kappa shape index (κ2) is 8.86. The van der Waals surface area contributed by atoms with E-state index in [1.807, 2.05) is 41.9 Å². The number of aryl methyl sites for hydroxylation is 1. The Morgan fingerprint density at radius 1 is 1.35 bits per heavy atom. The molecule has 0 amide bonds. The van der Waals surface area contributed by atoms with Crippen molar-refractivity contribution in [2.45, 2.75) is 19.9 Å². The molecule has 0 aliphatic heterocycles. The number of anilines is 1. The van der Waals surface area contributed by atoms with Gasteiger partial charge in [-0.15, -0.1) is 0 Å². The van der Waals surface area contributed by atoms with Gasteiger partial charge in [-0.2, -0.15) is 5.10 Å². The van der Waals surface area contributed by atoms with Gasteiger partial charge in [-0.3, -0.25) is 4.68 Å². The van der Waals surface area contributed by atoms with E-state index in [1.54, 1.807) is 7.11 Å². The first-order valence-corrected chi connectivity index (χ1v) is 8.20. The van der Waals surface area contributed by atoms with Crippen LogP contribution in [0.4, 0.5) is 5.82 Å². The summed E-state index contributed by atoms with van der Waals surface area (Å²) in [4.78, 5) is 0. The van der Waals surface area contributed by atoms with Gasteiger partial charge in [0, 0.05) is 37.0 Å². The van der Waals surface area contributed by atoms with Gasteiger partial charge < -0.3 is 15.4 Å². The lowest BCUT2D eigenvalue weighted by molar-refractivity contribution is 0.196. The molecule has 0 bridgehead atoms. The van der Waals surface area contributed by atoms with E-state index in [-0.39, 0.29) is 0 Å². The van der Waals surface area contributed by atoms with E-state index in [4.69, 9.17) is 28.6 Å². The van der Waals surface area contributed by atoms with Crippen LogP contribution < -0.4 is 10.6 Å². The molecule has 23 heavy (non-hydrogen) atoms. The fourth-order valence-corrected chi connectivity index (χ4v) is 2.41. The Morgan fingerprint density at radius 3 is 2.78 bits per heavy atom. The molecule has 1 heterocycles. The molecule has 0 unspecified atom stereocenters. The minimum absolute atomic E-state index is 0.567. The maximum Gasteiger partial charge on any atom is 0.171 e. The molecular weight excluding hydrogens is 332 g/mol. The SMILES string of the molecule is COCCCNC(=S)Nc1cc(C)n(Cc2ccc(Cl)cc2)n1. The quantitative estimate of drug-likeness (QED) is 0.592. The third-order valence-corrected chi connectivity index (χ3v) is 3.78. The van der Waals surface area contributed by atoms with Crippen molar-refractivity contribution < 1.29 is 4.74 Å². The molecule has 7 heteroatoms. The molecule has 0 aliphatic carbocycles. The Bertz CT molecular complexity index is 642. The van der Waals surface area contributed by atoms with Crippen molar-refractivity contribution in [3.8, 4) is 0 Å². The fraction of sp³-hybridized carbons (Fsp3) is 0.375. The number of nitrogens with zero attached hydrogens (tertiary/aromatic N) is 2. The van der Waals surface area contributed by atoms with E-state index in [1.165, 1.54) is 0 Å². The van der Waals surface area contributed by atoms with Crippen LogP contribution in [-0.4, -0.2) is 35.2 Å². The lowest BCUT2D eigenvalue weighted by atomic mass is 10.2. The first kappa shape index (κ1) is 17.7. The van der Waals surface area contributed by atoms with Gasteiger partial charge in [0.05, 0.1) is 6.54 Å². The molecule has 124 valence electrons. The molecule has 1 aromatic heterocycles. The van der Waals surface area contributed by atoms with Crippen molar-refractivity contribution in [3.05, 3.63) is 46.6 Å². The van der Waals surface area contributed by atoms with Gasteiger partial charge >= 0.3 is 0 Å². The van der Waals surface area contributed by atoms with Crippen LogP contribution in [0, 0.1) is 6.92 Å². The third-order valence-electron chi connectivity index (χ3n) is 3.28. The van der Waals surface area contributed by atoms with E-state index in [2.05, 4.69) is 15.7 Å². The monoisotopic (exact) mass is 352 g/mol. The summed E-state index contributed by atoms with van der Waals surface area (Å²) in [5.41, 5.74) is 2.21. The lowest BCUT2D eigenvalue weighted by Gasteiger charge is -2.08. The zero-order valence-corrected chi connectivity index (χ0v) is 14.9. The van der Waals surface area contributed by atoms with E-state index in [0.29, 0.717) is 18.3 Å². The van der Waals surface area contributed by atoms with Crippen molar-refractivity contribution in [1.29, 1.82) is 0 Å². The number of hydrogen-bond acceptors (Lipinski definition) is 3. The van der Waals surface area contributed by atoms with Crippen LogP contribution in [0.2, 0.25) is 5.02 Å². The van der Waals surface area contributed by atoms with Crippen molar-refractivity contribution in [2.24, 2.45) is 0 Å². The first-order chi connectivity index (χ1) is 11.1. The van der Waals surface area contributed by atoms with Crippen LogP contribution in [0.5, 0.6) is 0 Å². The molecule has 0 aliphatic rings. The third kappa shape index (κ3) is 5.82. The topological polar surface area (TPSA) is 51.1 Å². The van der Waals surface area contributed by atoms with Crippen molar-refractivity contribution >= 4 is 34.7 Å². The number of rotatable bonds is 7. The highest BCUT2D eigenvalue weighted by Gasteiger charge is 2.06. The molecule has 0 saturated heterocycles. The molecule has 0 spiro atoms. The number of aromatic nitrogens is 2. The summed E-state index contributed by atoms with van der Waals surface area (Å²) in [6, 6.07) is 9.73. The highest BCUT2D eigenvalue weighted by molar-refractivity contribution is 7.80. The highest BCUT2D eigenvalue weighted by Crippen LogP contribution is 2.14. The van der Waals surface area contributed by atoms with Gasteiger partial charge in [0.15, 0.2) is 10.9 Å². The highest BCUT2D eigenvalue weighted by atomic mass is 35.5. The molecule has 2 aromatic rings. The second-order valence-electron chi connectivity index (χ2n) is 5.18. The Labute approximate surface area is 147 Å². The molecule has 2 N–H and O–H groups in total. The molecule has 0 saturated carbocycles. The average molecular weight is 353 g/mol. The normalized spacial score (nSPS) is 10.6. The lowest BCUT2D eigenvalue weighted by Crippen LogP contribution is -2.30. The van der Waals surface area contributed by atoms with Crippen molar-refractivity contribution in [1.82, 2.24) is 15.1 Å². The average Bonchev–Trinajstić information content (AvgIpc) is 2.85. The molecular formula is C16H21ClN4OS. The van der Waals surface area contributed by atoms with Gasteiger partial charge in [-0.05, 0) is 43.3 Å². The zero-order valence-electron chi connectivity index (χ0n) is 13.3.